The van der Waals surface area contributed by atoms with Gasteiger partial charge in [0, 0.05) is 37.4 Å². The molecule has 1 N–H and O–H groups in total. The monoisotopic (exact) mass is 429 g/mol. The Morgan fingerprint density at radius 3 is 2.71 bits per heavy atom. The van der Waals surface area contributed by atoms with Gasteiger partial charge in [-0.05, 0) is 30.5 Å². The van der Waals surface area contributed by atoms with Gasteiger partial charge in [-0.2, -0.15) is 0 Å². The van der Waals surface area contributed by atoms with Crippen LogP contribution in [0.15, 0.2) is 23.6 Å². The first-order valence-corrected chi connectivity index (χ1v) is 11.3. The molecule has 152 valence electrons. The van der Waals surface area contributed by atoms with Crippen LogP contribution >= 0.6 is 11.3 Å². The summed E-state index contributed by atoms with van der Waals surface area (Å²) in [4.78, 5) is 15.5. The Labute approximate surface area is 166 Å². The molecular weight excluding hydrogens is 408 g/mol. The summed E-state index contributed by atoms with van der Waals surface area (Å²) in [6.45, 7) is 2.43. The van der Waals surface area contributed by atoms with Crippen LogP contribution in [-0.4, -0.2) is 36.7 Å². The van der Waals surface area contributed by atoms with Crippen LogP contribution in [0.2, 0.25) is 0 Å². The molecule has 1 atom stereocenters. The number of sulfonamides is 1. The summed E-state index contributed by atoms with van der Waals surface area (Å²) in [6.07, 6.45) is 1.50. The molecule has 10 heteroatoms. The van der Waals surface area contributed by atoms with Crippen molar-refractivity contribution < 1.29 is 22.0 Å². The number of benzene rings is 1. The molecule has 6 nitrogen and oxygen atoms in total. The zero-order valence-corrected chi connectivity index (χ0v) is 17.0. The molecule has 3 rings (SSSR count). The smallest absolute Gasteiger partial charge is 0.218 e. The second-order valence-corrected chi connectivity index (χ2v) is 9.68. The first-order valence-electron chi connectivity index (χ1n) is 8.84. The van der Waals surface area contributed by atoms with Gasteiger partial charge >= 0.3 is 0 Å². The van der Waals surface area contributed by atoms with Crippen molar-refractivity contribution in [2.45, 2.75) is 38.0 Å². The predicted octanol–water partition coefficient (Wildman–Crippen LogP) is 2.77. The maximum absolute atomic E-state index is 13.4. The molecular formula is C18H21F2N3O3S2. The maximum Gasteiger partial charge on any atom is 0.218 e. The molecule has 1 saturated heterocycles. The predicted molar refractivity (Wildman–Crippen MR) is 102 cm³/mol. The van der Waals surface area contributed by atoms with Crippen molar-refractivity contribution >= 4 is 27.3 Å². The van der Waals surface area contributed by atoms with E-state index >= 15 is 0 Å². The number of amides is 1. The van der Waals surface area contributed by atoms with Gasteiger partial charge < -0.3 is 5.32 Å². The minimum Gasteiger partial charge on any atom is -0.351 e. The van der Waals surface area contributed by atoms with Crippen molar-refractivity contribution in [2.24, 2.45) is 0 Å². The van der Waals surface area contributed by atoms with Crippen LogP contribution < -0.4 is 5.32 Å². The highest BCUT2D eigenvalue weighted by molar-refractivity contribution is 7.88. The van der Waals surface area contributed by atoms with E-state index in [-0.39, 0.29) is 23.9 Å². The molecule has 0 unspecified atom stereocenters. The number of carbonyl (C=O) groups is 1. The largest absolute Gasteiger partial charge is 0.351 e. The fourth-order valence-electron chi connectivity index (χ4n) is 3.20. The molecule has 0 radical (unpaired) electrons. The van der Waals surface area contributed by atoms with Gasteiger partial charge in [-0.25, -0.2) is 26.5 Å². The van der Waals surface area contributed by atoms with E-state index in [4.69, 9.17) is 0 Å². The molecule has 1 aliphatic heterocycles. The summed E-state index contributed by atoms with van der Waals surface area (Å²) in [5, 5.41) is 5.37. The number of nitrogens with zero attached hydrogens (tertiary/aromatic N) is 2. The van der Waals surface area contributed by atoms with Gasteiger partial charge in [0.15, 0.2) is 0 Å². The highest BCUT2D eigenvalue weighted by Gasteiger charge is 2.31. The Balaban J connectivity index is 1.69. The first kappa shape index (κ1) is 20.8. The van der Waals surface area contributed by atoms with Crippen LogP contribution in [0, 0.1) is 11.6 Å². The highest BCUT2D eigenvalue weighted by atomic mass is 32.2. The summed E-state index contributed by atoms with van der Waals surface area (Å²) >= 11 is 1.45. The maximum atomic E-state index is 13.4. The second kappa shape index (κ2) is 8.62. The molecule has 0 bridgehead atoms. The standard InChI is InChI=1S/C18H21F2N3O3S2/c1-12(24)21-8-17-10-27-18(22-17)14-3-2-4-23(9-14)28(25,26)11-13-5-15(19)7-16(20)6-13/h5-7,10,14H,2-4,8-9,11H2,1H3,(H,21,24)/t14-/m0/s1. The van der Waals surface area contributed by atoms with E-state index in [2.05, 4.69) is 10.3 Å². The van der Waals surface area contributed by atoms with Crippen molar-refractivity contribution in [2.75, 3.05) is 13.1 Å². The summed E-state index contributed by atoms with van der Waals surface area (Å²) in [7, 11) is -3.71. The number of hydrogen-bond acceptors (Lipinski definition) is 5. The van der Waals surface area contributed by atoms with Crippen LogP contribution in [-0.2, 0) is 27.1 Å². The zero-order chi connectivity index (χ0) is 20.3. The number of carbonyl (C=O) groups excluding carboxylic acids is 1. The normalized spacial score (nSPS) is 18.2. The number of hydrogen-bond donors (Lipinski definition) is 1. The van der Waals surface area contributed by atoms with Gasteiger partial charge in [0.05, 0.1) is 23.0 Å². The van der Waals surface area contributed by atoms with Crippen LogP contribution in [0.1, 0.15) is 41.9 Å². The Morgan fingerprint density at radius 1 is 1.32 bits per heavy atom. The SMILES string of the molecule is CC(=O)NCc1csc([C@H]2CCCN(S(=O)(=O)Cc3cc(F)cc(F)c3)C2)n1. The minimum absolute atomic E-state index is 0.0381. The van der Waals surface area contributed by atoms with E-state index in [1.54, 1.807) is 0 Å². The van der Waals surface area contributed by atoms with Gasteiger partial charge in [0.2, 0.25) is 15.9 Å². The molecule has 1 amide bonds. The molecule has 1 aromatic carbocycles. The first-order chi connectivity index (χ1) is 13.2. The number of rotatable bonds is 6. The van der Waals surface area contributed by atoms with Crippen LogP contribution in [0.4, 0.5) is 8.78 Å². The Kier molecular flexibility index (Phi) is 6.41. The molecule has 1 aromatic heterocycles. The molecule has 2 aromatic rings. The van der Waals surface area contributed by atoms with Gasteiger partial charge in [0.1, 0.15) is 11.6 Å². The molecule has 1 fully saturated rings. The third kappa shape index (κ3) is 5.33. The molecule has 0 aliphatic carbocycles. The molecule has 28 heavy (non-hydrogen) atoms. The number of nitrogens with one attached hydrogen (secondary N) is 1. The lowest BCUT2D eigenvalue weighted by molar-refractivity contribution is -0.119. The van der Waals surface area contributed by atoms with Crippen LogP contribution in [0.25, 0.3) is 0 Å². The number of piperidine rings is 1. The average molecular weight is 430 g/mol. The lowest BCUT2D eigenvalue weighted by Gasteiger charge is -2.31. The summed E-state index contributed by atoms with van der Waals surface area (Å²) < 4.78 is 53.6. The van der Waals surface area contributed by atoms with Crippen molar-refractivity contribution in [1.29, 1.82) is 0 Å². The number of halogens is 2. The highest BCUT2D eigenvalue weighted by Crippen LogP contribution is 2.31. The lowest BCUT2D eigenvalue weighted by Crippen LogP contribution is -2.39. The van der Waals surface area contributed by atoms with Gasteiger partial charge in [-0.15, -0.1) is 11.3 Å². The Bertz CT molecular complexity index is 942. The fraction of sp³-hybridized carbons (Fsp3) is 0.444. The van der Waals surface area contributed by atoms with Crippen LogP contribution in [0.5, 0.6) is 0 Å². The Morgan fingerprint density at radius 2 is 2.04 bits per heavy atom. The number of aromatic nitrogens is 1. The van der Waals surface area contributed by atoms with Gasteiger partial charge in [0.25, 0.3) is 0 Å². The summed E-state index contributed by atoms with van der Waals surface area (Å²) in [6, 6.07) is 2.79. The molecule has 1 aliphatic rings. The van der Waals surface area contributed by atoms with Gasteiger partial charge in [-0.3, -0.25) is 4.79 Å². The van der Waals surface area contributed by atoms with E-state index < -0.39 is 27.4 Å². The third-order valence-electron chi connectivity index (χ3n) is 4.49. The van der Waals surface area contributed by atoms with Crippen molar-refractivity contribution in [1.82, 2.24) is 14.6 Å². The summed E-state index contributed by atoms with van der Waals surface area (Å²) in [5.41, 5.74) is 0.830. The average Bonchev–Trinajstić information content (AvgIpc) is 3.08. The van der Waals surface area contributed by atoms with E-state index in [0.717, 1.165) is 29.3 Å². The van der Waals surface area contributed by atoms with Crippen molar-refractivity contribution in [3.8, 4) is 0 Å². The quantitative estimate of drug-likeness (QED) is 0.766. The second-order valence-electron chi connectivity index (χ2n) is 6.82. The number of thiazole rings is 1. The lowest BCUT2D eigenvalue weighted by atomic mass is 10.0. The van der Waals surface area contributed by atoms with E-state index in [1.165, 1.54) is 22.6 Å². The molecule has 2 heterocycles. The van der Waals surface area contributed by atoms with E-state index in [1.807, 2.05) is 5.38 Å². The molecule has 0 spiro atoms. The van der Waals surface area contributed by atoms with E-state index in [9.17, 15) is 22.0 Å². The topological polar surface area (TPSA) is 79.4 Å². The zero-order valence-electron chi connectivity index (χ0n) is 15.3. The molecule has 0 saturated carbocycles. The van der Waals surface area contributed by atoms with Gasteiger partial charge in [-0.1, -0.05) is 0 Å². The van der Waals surface area contributed by atoms with Crippen LogP contribution in [0.3, 0.4) is 0 Å². The van der Waals surface area contributed by atoms with Crippen molar-refractivity contribution in [3.05, 3.63) is 51.5 Å². The fourth-order valence-corrected chi connectivity index (χ4v) is 5.73. The van der Waals surface area contributed by atoms with Crippen molar-refractivity contribution in [3.63, 3.8) is 0 Å². The third-order valence-corrected chi connectivity index (χ3v) is 7.36. The van der Waals surface area contributed by atoms with E-state index in [0.29, 0.717) is 25.6 Å². The summed E-state index contributed by atoms with van der Waals surface area (Å²) in [5.74, 6) is -2.21. The minimum atomic E-state index is -3.71. The Hall–Kier alpha value is -1.91.